The summed E-state index contributed by atoms with van der Waals surface area (Å²) < 4.78 is 27.6. The van der Waals surface area contributed by atoms with E-state index in [1.165, 1.54) is 18.1 Å². The zero-order chi connectivity index (χ0) is 29.2. The molecule has 1 unspecified atom stereocenters. The summed E-state index contributed by atoms with van der Waals surface area (Å²) >= 11 is 0. The van der Waals surface area contributed by atoms with Crippen molar-refractivity contribution in [3.05, 3.63) is 77.0 Å². The van der Waals surface area contributed by atoms with Gasteiger partial charge >= 0.3 is 12.2 Å². The molecule has 2 heterocycles. The van der Waals surface area contributed by atoms with Crippen LogP contribution >= 0.6 is 0 Å². The van der Waals surface area contributed by atoms with Crippen molar-refractivity contribution in [1.82, 2.24) is 5.32 Å². The Balaban J connectivity index is 1.47. The molecule has 2 aromatic rings. The predicted molar refractivity (Wildman–Crippen MR) is 150 cm³/mol. The SMILES string of the molecule is COC(=O)N1C2=CC(=O)C(CCOCc3ccccc3)=CC2(CCNC(=O)OC(C)(C)C)c2cc3c(cc21)OCO3. The summed E-state index contributed by atoms with van der Waals surface area (Å²) in [4.78, 5) is 40.3. The molecule has 0 saturated carbocycles. The summed E-state index contributed by atoms with van der Waals surface area (Å²) in [5.74, 6) is 0.803. The van der Waals surface area contributed by atoms with Gasteiger partial charge in [-0.2, -0.15) is 0 Å². The molecular formula is C31H34N2O8. The molecular weight excluding hydrogens is 528 g/mol. The Morgan fingerprint density at radius 2 is 1.83 bits per heavy atom. The minimum absolute atomic E-state index is 0.0602. The van der Waals surface area contributed by atoms with Crippen LogP contribution in [0.15, 0.2) is 65.9 Å². The largest absolute Gasteiger partial charge is 0.454 e. The molecule has 5 rings (SSSR count). The molecule has 10 nitrogen and oxygen atoms in total. The van der Waals surface area contributed by atoms with Crippen LogP contribution < -0.4 is 19.7 Å². The van der Waals surface area contributed by atoms with Crippen molar-refractivity contribution in [1.29, 1.82) is 0 Å². The van der Waals surface area contributed by atoms with Gasteiger partial charge in [0.1, 0.15) is 5.60 Å². The molecule has 0 radical (unpaired) electrons. The van der Waals surface area contributed by atoms with Gasteiger partial charge in [0.15, 0.2) is 17.3 Å². The van der Waals surface area contributed by atoms with Gasteiger partial charge in [-0.25, -0.2) is 14.5 Å². The molecule has 216 valence electrons. The van der Waals surface area contributed by atoms with Crippen molar-refractivity contribution in [2.45, 2.75) is 51.2 Å². The minimum atomic E-state index is -0.942. The van der Waals surface area contributed by atoms with Gasteiger partial charge in [0.25, 0.3) is 0 Å². The lowest BCUT2D eigenvalue weighted by molar-refractivity contribution is -0.111. The van der Waals surface area contributed by atoms with Crippen LogP contribution in [0.4, 0.5) is 15.3 Å². The number of alkyl carbamates (subject to hydrolysis) is 1. The molecule has 2 amide bonds. The molecule has 0 spiro atoms. The second-order valence-corrected chi connectivity index (χ2v) is 11.0. The summed E-state index contributed by atoms with van der Waals surface area (Å²) in [6.07, 6.45) is 2.86. The average Bonchev–Trinajstić information content (AvgIpc) is 3.49. The van der Waals surface area contributed by atoms with Gasteiger partial charge in [0, 0.05) is 24.4 Å². The van der Waals surface area contributed by atoms with Crippen molar-refractivity contribution in [2.24, 2.45) is 0 Å². The molecule has 0 aromatic heterocycles. The Morgan fingerprint density at radius 1 is 1.10 bits per heavy atom. The fraction of sp³-hybridized carbons (Fsp3) is 0.387. The third-order valence-electron chi connectivity index (χ3n) is 7.09. The van der Waals surface area contributed by atoms with Crippen LogP contribution in [0.3, 0.4) is 0 Å². The lowest BCUT2D eigenvalue weighted by atomic mass is 9.71. The number of fused-ring (bicyclic) bond motifs is 4. The number of ketones is 1. The number of nitrogens with zero attached hydrogens (tertiary/aromatic N) is 1. The van der Waals surface area contributed by atoms with Crippen LogP contribution in [0.1, 0.15) is 44.7 Å². The molecule has 41 heavy (non-hydrogen) atoms. The first kappa shape index (κ1) is 28.2. The van der Waals surface area contributed by atoms with E-state index in [0.29, 0.717) is 54.5 Å². The van der Waals surface area contributed by atoms with Crippen molar-refractivity contribution in [3.8, 4) is 11.5 Å². The third-order valence-corrected chi connectivity index (χ3v) is 7.09. The summed E-state index contributed by atoms with van der Waals surface area (Å²) in [7, 11) is 1.29. The van der Waals surface area contributed by atoms with E-state index < -0.39 is 23.2 Å². The summed E-state index contributed by atoms with van der Waals surface area (Å²) in [6.45, 7) is 6.39. The second kappa shape index (κ2) is 11.3. The molecule has 0 fully saturated rings. The van der Waals surface area contributed by atoms with Gasteiger partial charge < -0.3 is 29.0 Å². The molecule has 1 aliphatic carbocycles. The average molecular weight is 563 g/mol. The number of nitrogens with one attached hydrogen (secondary N) is 1. The Hall–Kier alpha value is -4.31. The number of rotatable bonds is 8. The fourth-order valence-electron chi connectivity index (χ4n) is 5.31. The molecule has 3 aliphatic rings. The normalized spacial score (nSPS) is 18.7. The summed E-state index contributed by atoms with van der Waals surface area (Å²) in [5.41, 5.74) is 1.69. The molecule has 10 heteroatoms. The molecule has 0 saturated heterocycles. The van der Waals surface area contributed by atoms with Crippen LogP contribution in [0.5, 0.6) is 11.5 Å². The van der Waals surface area contributed by atoms with Gasteiger partial charge in [-0.15, -0.1) is 0 Å². The number of allylic oxidation sites excluding steroid dienone is 2. The number of carbonyl (C=O) groups excluding carboxylic acids is 3. The van der Waals surface area contributed by atoms with E-state index in [2.05, 4.69) is 5.32 Å². The summed E-state index contributed by atoms with van der Waals surface area (Å²) in [6, 6.07) is 13.4. The van der Waals surface area contributed by atoms with Crippen molar-refractivity contribution in [3.63, 3.8) is 0 Å². The van der Waals surface area contributed by atoms with E-state index >= 15 is 0 Å². The quantitative estimate of drug-likeness (QED) is 0.440. The second-order valence-electron chi connectivity index (χ2n) is 11.0. The topological polar surface area (TPSA) is 113 Å². The highest BCUT2D eigenvalue weighted by molar-refractivity contribution is 6.10. The standard InChI is InChI=1S/C31H34N2O8/c1-30(2,3)41-28(35)32-12-11-31-17-21(10-13-38-18-20-8-6-5-7-9-20)24(34)16-27(31)33(29(36)37-4)23-15-26-25(14-22(23)31)39-19-40-26/h5-9,14-17H,10-13,18-19H2,1-4H3,(H,32,35). The number of ether oxygens (including phenoxy) is 5. The smallest absolute Gasteiger partial charge is 0.418 e. The maximum Gasteiger partial charge on any atom is 0.418 e. The maximum atomic E-state index is 13.4. The van der Waals surface area contributed by atoms with Crippen LogP contribution in [0, 0.1) is 0 Å². The number of hydrogen-bond acceptors (Lipinski definition) is 8. The Bertz CT molecular complexity index is 1410. The van der Waals surface area contributed by atoms with E-state index in [1.807, 2.05) is 42.5 Å². The summed E-state index contributed by atoms with van der Waals surface area (Å²) in [5, 5.41) is 2.81. The van der Waals surface area contributed by atoms with E-state index in [9.17, 15) is 14.4 Å². The van der Waals surface area contributed by atoms with Crippen LogP contribution in [-0.4, -0.2) is 50.6 Å². The van der Waals surface area contributed by atoms with Gasteiger partial charge in [-0.05, 0) is 56.4 Å². The predicted octanol–water partition coefficient (Wildman–Crippen LogP) is 5.15. The van der Waals surface area contributed by atoms with E-state index in [0.717, 1.165) is 11.1 Å². The minimum Gasteiger partial charge on any atom is -0.454 e. The first-order valence-electron chi connectivity index (χ1n) is 13.5. The first-order chi connectivity index (χ1) is 19.6. The maximum absolute atomic E-state index is 13.4. The number of anilines is 1. The highest BCUT2D eigenvalue weighted by Gasteiger charge is 2.51. The number of methoxy groups -OCH3 is 1. The van der Waals surface area contributed by atoms with Gasteiger partial charge in [-0.3, -0.25) is 4.79 Å². The highest BCUT2D eigenvalue weighted by Crippen LogP contribution is 2.56. The highest BCUT2D eigenvalue weighted by atomic mass is 16.7. The lowest BCUT2D eigenvalue weighted by Gasteiger charge is -2.33. The Labute approximate surface area is 238 Å². The number of benzene rings is 2. The molecule has 2 aromatic carbocycles. The number of amides is 2. The van der Waals surface area contributed by atoms with E-state index in [-0.39, 0.29) is 19.1 Å². The van der Waals surface area contributed by atoms with E-state index in [4.69, 9.17) is 23.7 Å². The van der Waals surface area contributed by atoms with Gasteiger partial charge in [0.05, 0.1) is 31.4 Å². The molecule has 2 aliphatic heterocycles. The Morgan fingerprint density at radius 3 is 2.54 bits per heavy atom. The fourth-order valence-corrected chi connectivity index (χ4v) is 5.31. The molecule has 1 N–H and O–H groups in total. The number of hydrogen-bond donors (Lipinski definition) is 1. The molecule has 1 atom stereocenters. The van der Waals surface area contributed by atoms with Crippen LogP contribution in [-0.2, 0) is 31.0 Å². The van der Waals surface area contributed by atoms with Gasteiger partial charge in [0.2, 0.25) is 6.79 Å². The van der Waals surface area contributed by atoms with Crippen molar-refractivity contribution in [2.75, 3.05) is 32.0 Å². The van der Waals surface area contributed by atoms with E-state index in [1.54, 1.807) is 26.8 Å². The zero-order valence-electron chi connectivity index (χ0n) is 23.7. The van der Waals surface area contributed by atoms with Crippen LogP contribution in [0.25, 0.3) is 0 Å². The molecule has 0 bridgehead atoms. The van der Waals surface area contributed by atoms with Gasteiger partial charge in [-0.1, -0.05) is 36.4 Å². The van der Waals surface area contributed by atoms with Crippen molar-refractivity contribution < 1.29 is 38.1 Å². The first-order valence-corrected chi connectivity index (χ1v) is 13.5. The number of carbonyl (C=O) groups is 3. The Kier molecular flexibility index (Phi) is 7.77. The lowest BCUT2D eigenvalue weighted by Crippen LogP contribution is -2.40. The zero-order valence-corrected chi connectivity index (χ0v) is 23.7. The monoisotopic (exact) mass is 562 g/mol. The van der Waals surface area contributed by atoms with Crippen molar-refractivity contribution >= 4 is 23.7 Å². The third kappa shape index (κ3) is 5.78. The van der Waals surface area contributed by atoms with Crippen LogP contribution in [0.2, 0.25) is 0 Å².